The standard InChI is InChI=1S/C22H23NO3/c24-19-17-18(20(25)23(19)16-10-4-1-5-11-16)22(14-8-3-9-15-22)26-21(17)12-6-2-7-13-21/h1,4-6,8,10-12,14,17-18H,2-3,7,9,13,15H2/t17-,18+,21-,22+. The predicted octanol–water partition coefficient (Wildman–Crippen LogP) is 3.78. The second-order valence-electron chi connectivity index (χ2n) is 7.90. The molecule has 0 aromatic heterocycles. The van der Waals surface area contributed by atoms with E-state index in [-0.39, 0.29) is 11.8 Å². The van der Waals surface area contributed by atoms with E-state index >= 15 is 0 Å². The molecule has 2 spiro atoms. The maximum absolute atomic E-state index is 13.5. The van der Waals surface area contributed by atoms with Crippen molar-refractivity contribution in [1.82, 2.24) is 0 Å². The molecule has 0 bridgehead atoms. The molecule has 0 radical (unpaired) electrons. The summed E-state index contributed by atoms with van der Waals surface area (Å²) in [5.41, 5.74) is -0.608. The molecule has 2 amide bonds. The number of ether oxygens (including phenoxy) is 1. The fourth-order valence-corrected chi connectivity index (χ4v) is 5.38. The maximum atomic E-state index is 13.5. The van der Waals surface area contributed by atoms with Gasteiger partial charge in [0.15, 0.2) is 0 Å². The molecule has 0 N–H and O–H groups in total. The minimum atomic E-state index is -0.638. The second-order valence-corrected chi connectivity index (χ2v) is 7.90. The van der Waals surface area contributed by atoms with Crippen molar-refractivity contribution in [3.63, 3.8) is 0 Å². The number of benzene rings is 1. The van der Waals surface area contributed by atoms with Gasteiger partial charge in [-0.25, -0.2) is 4.90 Å². The molecule has 2 heterocycles. The number of rotatable bonds is 1. The number of hydrogen-bond acceptors (Lipinski definition) is 3. The van der Waals surface area contributed by atoms with Gasteiger partial charge in [0.05, 0.1) is 28.7 Å². The number of carbonyl (C=O) groups excluding carboxylic acids is 2. The molecule has 1 aromatic rings. The van der Waals surface area contributed by atoms with Gasteiger partial charge < -0.3 is 4.74 Å². The van der Waals surface area contributed by atoms with Gasteiger partial charge in [-0.3, -0.25) is 9.59 Å². The lowest BCUT2D eigenvalue weighted by Gasteiger charge is -2.38. The summed E-state index contributed by atoms with van der Waals surface area (Å²) in [6.45, 7) is 0. The Balaban J connectivity index is 1.65. The van der Waals surface area contributed by atoms with Gasteiger partial charge in [-0.15, -0.1) is 0 Å². The molecule has 2 aliphatic heterocycles. The van der Waals surface area contributed by atoms with Gasteiger partial charge in [-0.2, -0.15) is 0 Å². The summed E-state index contributed by atoms with van der Waals surface area (Å²) in [6.07, 6.45) is 14.0. The number of nitrogens with zero attached hydrogens (tertiary/aromatic N) is 1. The highest BCUT2D eigenvalue weighted by molar-refractivity contribution is 6.23. The molecular weight excluding hydrogens is 326 g/mol. The number of anilines is 1. The molecule has 4 heteroatoms. The highest BCUT2D eigenvalue weighted by Crippen LogP contribution is 2.58. The molecular formula is C22H23NO3. The summed E-state index contributed by atoms with van der Waals surface area (Å²) in [5, 5.41) is 0. The summed E-state index contributed by atoms with van der Waals surface area (Å²) < 4.78 is 6.67. The van der Waals surface area contributed by atoms with Crippen LogP contribution in [-0.2, 0) is 14.3 Å². The molecule has 2 saturated heterocycles. The van der Waals surface area contributed by atoms with E-state index in [4.69, 9.17) is 4.74 Å². The summed E-state index contributed by atoms with van der Waals surface area (Å²) in [6, 6.07) is 9.31. The largest absolute Gasteiger partial charge is 0.359 e. The molecule has 4 atom stereocenters. The van der Waals surface area contributed by atoms with Crippen LogP contribution in [0.15, 0.2) is 54.6 Å². The Hall–Kier alpha value is -2.20. The lowest BCUT2D eigenvalue weighted by molar-refractivity contribution is -0.133. The number of imide groups is 1. The third-order valence-corrected chi connectivity index (χ3v) is 6.43. The smallest absolute Gasteiger partial charge is 0.241 e. The number of hydrogen-bond donors (Lipinski definition) is 0. The van der Waals surface area contributed by atoms with Crippen LogP contribution in [0.2, 0.25) is 0 Å². The zero-order valence-electron chi connectivity index (χ0n) is 14.8. The topological polar surface area (TPSA) is 46.6 Å². The van der Waals surface area contributed by atoms with Gasteiger partial charge in [0.2, 0.25) is 11.8 Å². The third-order valence-electron chi connectivity index (χ3n) is 6.43. The van der Waals surface area contributed by atoms with E-state index in [1.54, 1.807) is 0 Å². The van der Waals surface area contributed by atoms with Crippen LogP contribution in [0.3, 0.4) is 0 Å². The van der Waals surface area contributed by atoms with Crippen LogP contribution in [0.1, 0.15) is 38.5 Å². The third kappa shape index (κ3) is 2.05. The number of amides is 2. The average Bonchev–Trinajstić information content (AvgIpc) is 3.09. The summed E-state index contributed by atoms with van der Waals surface area (Å²) in [4.78, 5) is 28.3. The van der Waals surface area contributed by atoms with Gasteiger partial charge in [0.1, 0.15) is 0 Å². The van der Waals surface area contributed by atoms with Crippen LogP contribution >= 0.6 is 0 Å². The molecule has 4 aliphatic rings. The molecule has 26 heavy (non-hydrogen) atoms. The van der Waals surface area contributed by atoms with Crippen LogP contribution in [-0.4, -0.2) is 23.0 Å². The minimum Gasteiger partial charge on any atom is -0.359 e. The highest BCUT2D eigenvalue weighted by atomic mass is 16.5. The molecule has 1 aromatic carbocycles. The Kier molecular flexibility index (Phi) is 3.48. The summed E-state index contributed by atoms with van der Waals surface area (Å²) in [5.74, 6) is -1.05. The van der Waals surface area contributed by atoms with Crippen molar-refractivity contribution < 1.29 is 14.3 Å². The van der Waals surface area contributed by atoms with Gasteiger partial charge in [0.25, 0.3) is 0 Å². The highest BCUT2D eigenvalue weighted by Gasteiger charge is 2.70. The van der Waals surface area contributed by atoms with Crippen LogP contribution in [0, 0.1) is 11.8 Å². The quantitative estimate of drug-likeness (QED) is 0.573. The second kappa shape index (κ2) is 5.65. The van der Waals surface area contributed by atoms with Crippen LogP contribution in [0.5, 0.6) is 0 Å². The van der Waals surface area contributed by atoms with Crippen LogP contribution in [0.25, 0.3) is 0 Å². The Morgan fingerprint density at radius 1 is 0.846 bits per heavy atom. The first-order chi connectivity index (χ1) is 12.7. The number of fused-ring (bicyclic) bond motifs is 3. The SMILES string of the molecule is O=C1[C@@H]2[C@H](C(=O)N1c1ccccc1)[C@]1(C=CCCC1)O[C@]21C=CCCC1. The van der Waals surface area contributed by atoms with E-state index in [2.05, 4.69) is 24.3 Å². The number of para-hydroxylation sites is 1. The molecule has 2 fully saturated rings. The minimum absolute atomic E-state index is 0.103. The Morgan fingerprint density at radius 2 is 1.38 bits per heavy atom. The molecule has 134 valence electrons. The molecule has 5 rings (SSSR count). The lowest BCUT2D eigenvalue weighted by Crippen LogP contribution is -2.45. The maximum Gasteiger partial charge on any atom is 0.241 e. The Bertz CT molecular complexity index is 766. The van der Waals surface area contributed by atoms with E-state index in [0.717, 1.165) is 38.5 Å². The first-order valence-corrected chi connectivity index (χ1v) is 9.65. The fraction of sp³-hybridized carbons (Fsp3) is 0.455. The van der Waals surface area contributed by atoms with E-state index in [9.17, 15) is 9.59 Å². The Labute approximate surface area is 153 Å². The fourth-order valence-electron chi connectivity index (χ4n) is 5.38. The van der Waals surface area contributed by atoms with Crippen molar-refractivity contribution >= 4 is 17.5 Å². The Morgan fingerprint density at radius 3 is 1.85 bits per heavy atom. The van der Waals surface area contributed by atoms with Crippen molar-refractivity contribution in [2.45, 2.75) is 49.7 Å². The number of carbonyl (C=O) groups is 2. The molecule has 4 nitrogen and oxygen atoms in total. The van der Waals surface area contributed by atoms with E-state index in [1.807, 2.05) is 30.3 Å². The normalized spacial score (nSPS) is 38.5. The van der Waals surface area contributed by atoms with Crippen molar-refractivity contribution in [2.24, 2.45) is 11.8 Å². The summed E-state index contributed by atoms with van der Waals surface area (Å²) >= 11 is 0. The van der Waals surface area contributed by atoms with E-state index in [1.165, 1.54) is 4.90 Å². The van der Waals surface area contributed by atoms with Gasteiger partial charge >= 0.3 is 0 Å². The lowest BCUT2D eigenvalue weighted by atomic mass is 9.71. The zero-order chi connectivity index (χ0) is 17.8. The van der Waals surface area contributed by atoms with Crippen LogP contribution < -0.4 is 4.90 Å². The van der Waals surface area contributed by atoms with Crippen LogP contribution in [0.4, 0.5) is 5.69 Å². The van der Waals surface area contributed by atoms with E-state index in [0.29, 0.717) is 5.69 Å². The van der Waals surface area contributed by atoms with E-state index < -0.39 is 23.0 Å². The zero-order valence-corrected chi connectivity index (χ0v) is 14.8. The van der Waals surface area contributed by atoms with Crippen molar-refractivity contribution in [3.05, 3.63) is 54.6 Å². The molecule has 0 unspecified atom stereocenters. The van der Waals surface area contributed by atoms with Crippen molar-refractivity contribution in [3.8, 4) is 0 Å². The first kappa shape index (κ1) is 16.0. The van der Waals surface area contributed by atoms with Crippen molar-refractivity contribution in [2.75, 3.05) is 4.90 Å². The average molecular weight is 349 g/mol. The molecule has 2 aliphatic carbocycles. The summed E-state index contributed by atoms with van der Waals surface area (Å²) in [7, 11) is 0. The monoisotopic (exact) mass is 349 g/mol. The van der Waals surface area contributed by atoms with Gasteiger partial charge in [0, 0.05) is 0 Å². The van der Waals surface area contributed by atoms with Crippen molar-refractivity contribution in [1.29, 1.82) is 0 Å². The number of allylic oxidation sites excluding steroid dienone is 2. The molecule has 0 saturated carbocycles. The van der Waals surface area contributed by atoms with Gasteiger partial charge in [-0.05, 0) is 50.7 Å². The van der Waals surface area contributed by atoms with Gasteiger partial charge in [-0.1, -0.05) is 42.5 Å². The first-order valence-electron chi connectivity index (χ1n) is 9.65. The predicted molar refractivity (Wildman–Crippen MR) is 98.4 cm³/mol.